The minimum atomic E-state index is -0.950. The number of nitrogens with one attached hydrogen (secondary N) is 1. The van der Waals surface area contributed by atoms with E-state index in [1.807, 2.05) is 48.5 Å². The highest BCUT2D eigenvalue weighted by atomic mass is 16.6. The van der Waals surface area contributed by atoms with Crippen LogP contribution in [0.25, 0.3) is 11.0 Å². The standard InChI is InChI=1S/C24H27NO5/c1-4-17(18-10-6-5-7-11-18)14-25-23(26)16(2)29-24(27)22-20(15-28-3)19-12-8-9-13-21(19)30-22/h5-13,16-17H,4,14-15H2,1-3H3,(H,25,26)/t16-,17-/m0/s1. The Kier molecular flexibility index (Phi) is 7.25. The lowest BCUT2D eigenvalue weighted by Crippen LogP contribution is -2.38. The summed E-state index contributed by atoms with van der Waals surface area (Å²) in [4.78, 5) is 25.2. The van der Waals surface area contributed by atoms with E-state index in [9.17, 15) is 9.59 Å². The summed E-state index contributed by atoms with van der Waals surface area (Å²) >= 11 is 0. The van der Waals surface area contributed by atoms with Gasteiger partial charge >= 0.3 is 5.97 Å². The van der Waals surface area contributed by atoms with Crippen molar-refractivity contribution in [2.75, 3.05) is 13.7 Å². The van der Waals surface area contributed by atoms with Crippen LogP contribution in [-0.4, -0.2) is 31.6 Å². The number of ether oxygens (including phenoxy) is 2. The van der Waals surface area contributed by atoms with Crippen molar-refractivity contribution in [3.63, 3.8) is 0 Å². The van der Waals surface area contributed by atoms with Crippen molar-refractivity contribution in [1.29, 1.82) is 0 Å². The second kappa shape index (κ2) is 10.1. The first-order valence-corrected chi connectivity index (χ1v) is 10.1. The van der Waals surface area contributed by atoms with Gasteiger partial charge < -0.3 is 19.2 Å². The van der Waals surface area contributed by atoms with Gasteiger partial charge in [0, 0.05) is 30.5 Å². The molecule has 0 saturated carbocycles. The largest absolute Gasteiger partial charge is 0.449 e. The van der Waals surface area contributed by atoms with Crippen molar-refractivity contribution in [2.45, 2.75) is 38.9 Å². The van der Waals surface area contributed by atoms with Crippen molar-refractivity contribution >= 4 is 22.8 Å². The lowest BCUT2D eigenvalue weighted by Gasteiger charge is -2.18. The van der Waals surface area contributed by atoms with E-state index in [1.54, 1.807) is 20.1 Å². The molecule has 6 nitrogen and oxygen atoms in total. The second-order valence-electron chi connectivity index (χ2n) is 7.15. The Morgan fingerprint density at radius 3 is 2.47 bits per heavy atom. The van der Waals surface area contributed by atoms with E-state index in [0.717, 1.165) is 17.4 Å². The van der Waals surface area contributed by atoms with Crippen LogP contribution in [0.15, 0.2) is 59.0 Å². The number of amides is 1. The molecule has 2 atom stereocenters. The SMILES string of the molecule is CC[C@@H](CNC(=O)[C@H](C)OC(=O)c1oc2ccccc2c1COC)c1ccccc1. The highest BCUT2D eigenvalue weighted by molar-refractivity contribution is 5.97. The molecule has 3 rings (SSSR count). The number of esters is 1. The van der Waals surface area contributed by atoms with Gasteiger partial charge in [0.25, 0.3) is 5.91 Å². The summed E-state index contributed by atoms with van der Waals surface area (Å²) in [5.74, 6) is -0.770. The number of benzene rings is 2. The molecule has 0 aliphatic rings. The van der Waals surface area contributed by atoms with Crippen LogP contribution >= 0.6 is 0 Å². The smallest absolute Gasteiger partial charge is 0.375 e. The Balaban J connectivity index is 1.64. The summed E-state index contributed by atoms with van der Waals surface area (Å²) in [5.41, 5.74) is 2.35. The maximum atomic E-state index is 12.7. The molecule has 0 aliphatic heterocycles. The number of methoxy groups -OCH3 is 1. The van der Waals surface area contributed by atoms with Gasteiger partial charge in [0.1, 0.15) is 5.58 Å². The van der Waals surface area contributed by atoms with Gasteiger partial charge in [-0.25, -0.2) is 4.79 Å². The molecule has 0 spiro atoms. The Hall–Kier alpha value is -3.12. The number of hydrogen-bond donors (Lipinski definition) is 1. The second-order valence-corrected chi connectivity index (χ2v) is 7.15. The first-order valence-electron chi connectivity index (χ1n) is 10.1. The molecule has 2 aromatic carbocycles. The lowest BCUT2D eigenvalue weighted by atomic mass is 9.96. The molecule has 6 heteroatoms. The van der Waals surface area contributed by atoms with Crippen LogP contribution < -0.4 is 5.32 Å². The third kappa shape index (κ3) is 4.89. The number of hydrogen-bond acceptors (Lipinski definition) is 5. The number of fused-ring (bicyclic) bond motifs is 1. The highest BCUT2D eigenvalue weighted by Crippen LogP contribution is 2.27. The normalized spacial score (nSPS) is 13.0. The molecule has 158 valence electrons. The molecule has 1 heterocycles. The van der Waals surface area contributed by atoms with Crippen LogP contribution in [-0.2, 0) is 20.9 Å². The van der Waals surface area contributed by atoms with E-state index < -0.39 is 12.1 Å². The quantitative estimate of drug-likeness (QED) is 0.529. The summed E-state index contributed by atoms with van der Waals surface area (Å²) in [5, 5.41) is 3.67. The Bertz CT molecular complexity index is 995. The molecule has 0 radical (unpaired) electrons. The van der Waals surface area contributed by atoms with E-state index in [1.165, 1.54) is 0 Å². The van der Waals surface area contributed by atoms with Gasteiger partial charge in [0.05, 0.1) is 6.61 Å². The first-order chi connectivity index (χ1) is 14.5. The van der Waals surface area contributed by atoms with Gasteiger partial charge in [-0.2, -0.15) is 0 Å². The molecule has 1 aromatic heterocycles. The maximum absolute atomic E-state index is 12.7. The molecule has 30 heavy (non-hydrogen) atoms. The molecule has 0 unspecified atom stereocenters. The monoisotopic (exact) mass is 409 g/mol. The van der Waals surface area contributed by atoms with Crippen molar-refractivity contribution in [3.05, 3.63) is 71.5 Å². The summed E-state index contributed by atoms with van der Waals surface area (Å²) in [6.07, 6.45) is -0.0629. The zero-order valence-corrected chi connectivity index (χ0v) is 17.5. The van der Waals surface area contributed by atoms with E-state index >= 15 is 0 Å². The van der Waals surface area contributed by atoms with Crippen LogP contribution in [0.5, 0.6) is 0 Å². The summed E-state index contributed by atoms with van der Waals surface area (Å²) in [6, 6.07) is 17.3. The van der Waals surface area contributed by atoms with Gasteiger partial charge in [-0.3, -0.25) is 4.79 Å². The van der Waals surface area contributed by atoms with Crippen molar-refractivity contribution in [3.8, 4) is 0 Å². The molecule has 1 amide bonds. The average Bonchev–Trinajstić information content (AvgIpc) is 3.14. The van der Waals surface area contributed by atoms with E-state index in [0.29, 0.717) is 17.7 Å². The third-order valence-corrected chi connectivity index (χ3v) is 5.11. The molecule has 0 fully saturated rings. The lowest BCUT2D eigenvalue weighted by molar-refractivity contribution is -0.129. The predicted octanol–water partition coefficient (Wildman–Crippen LogP) is 4.43. The Morgan fingerprint density at radius 1 is 1.07 bits per heavy atom. The number of para-hydroxylation sites is 1. The van der Waals surface area contributed by atoms with Gasteiger partial charge in [-0.1, -0.05) is 55.5 Å². The topological polar surface area (TPSA) is 77.8 Å². The number of rotatable bonds is 9. The van der Waals surface area contributed by atoms with Gasteiger partial charge in [0.15, 0.2) is 6.10 Å². The predicted molar refractivity (Wildman–Crippen MR) is 114 cm³/mol. The molecular formula is C24H27NO5. The first kappa shape index (κ1) is 21.6. The molecular weight excluding hydrogens is 382 g/mol. The van der Waals surface area contributed by atoms with Gasteiger partial charge in [0.2, 0.25) is 5.76 Å². The van der Waals surface area contributed by atoms with Crippen molar-refractivity contribution < 1.29 is 23.5 Å². The number of furan rings is 1. The molecule has 0 aliphatic carbocycles. The van der Waals surface area contributed by atoms with Gasteiger partial charge in [-0.05, 0) is 25.0 Å². The molecule has 3 aromatic rings. The minimum absolute atomic E-state index is 0.0634. The minimum Gasteiger partial charge on any atom is -0.449 e. The van der Waals surface area contributed by atoms with E-state index in [4.69, 9.17) is 13.9 Å². The zero-order valence-electron chi connectivity index (χ0n) is 17.5. The maximum Gasteiger partial charge on any atom is 0.375 e. The van der Waals surface area contributed by atoms with Crippen LogP contribution in [0.4, 0.5) is 0 Å². The molecule has 1 N–H and O–H groups in total. The van der Waals surface area contributed by atoms with Crippen LogP contribution in [0.2, 0.25) is 0 Å². The Morgan fingerprint density at radius 2 is 1.77 bits per heavy atom. The summed E-state index contributed by atoms with van der Waals surface area (Å²) in [6.45, 7) is 4.31. The van der Waals surface area contributed by atoms with E-state index in [-0.39, 0.29) is 24.2 Å². The highest BCUT2D eigenvalue weighted by Gasteiger charge is 2.26. The fraction of sp³-hybridized carbons (Fsp3) is 0.333. The third-order valence-electron chi connectivity index (χ3n) is 5.11. The summed E-state index contributed by atoms with van der Waals surface area (Å²) < 4.78 is 16.3. The number of carbonyl (C=O) groups is 2. The van der Waals surface area contributed by atoms with Crippen molar-refractivity contribution in [2.24, 2.45) is 0 Å². The fourth-order valence-electron chi connectivity index (χ4n) is 3.41. The van der Waals surface area contributed by atoms with Crippen molar-refractivity contribution in [1.82, 2.24) is 5.32 Å². The Labute approximate surface area is 176 Å². The molecule has 0 bridgehead atoms. The summed E-state index contributed by atoms with van der Waals surface area (Å²) in [7, 11) is 1.55. The molecule has 0 saturated heterocycles. The van der Waals surface area contributed by atoms with Crippen LogP contribution in [0.3, 0.4) is 0 Å². The van der Waals surface area contributed by atoms with Gasteiger partial charge in [-0.15, -0.1) is 0 Å². The zero-order chi connectivity index (χ0) is 21.5. The van der Waals surface area contributed by atoms with Crippen LogP contribution in [0, 0.1) is 0 Å². The van der Waals surface area contributed by atoms with Crippen LogP contribution in [0.1, 0.15) is 47.9 Å². The average molecular weight is 409 g/mol. The fourth-order valence-corrected chi connectivity index (χ4v) is 3.41. The van der Waals surface area contributed by atoms with E-state index in [2.05, 4.69) is 12.2 Å². The number of carbonyl (C=O) groups excluding carboxylic acids is 2.